The van der Waals surface area contributed by atoms with Crippen LogP contribution in [-0.2, 0) is 6.54 Å². The first-order valence-electron chi connectivity index (χ1n) is 6.39. The number of fused-ring (bicyclic) bond motifs is 1. The largest absolute Gasteiger partial charge is 0.443 e. The molecule has 0 bridgehead atoms. The standard InChI is InChI=1S/C14H21N3O/c1-11(5-6-15)8-17(2)9-12-3-4-13-14(7-12)18-10-16-13/h3-4,7,10-11H,5-6,8-9,15H2,1-2H3. The molecule has 2 N–H and O–H groups in total. The number of hydrogen-bond acceptors (Lipinski definition) is 4. The Hall–Kier alpha value is -1.39. The quantitative estimate of drug-likeness (QED) is 0.850. The van der Waals surface area contributed by atoms with E-state index in [0.29, 0.717) is 5.92 Å². The summed E-state index contributed by atoms with van der Waals surface area (Å²) in [5.74, 6) is 0.633. The summed E-state index contributed by atoms with van der Waals surface area (Å²) in [5.41, 5.74) is 8.59. The molecule has 0 amide bonds. The number of hydrogen-bond donors (Lipinski definition) is 1. The molecule has 0 aliphatic carbocycles. The lowest BCUT2D eigenvalue weighted by Gasteiger charge is -2.20. The smallest absolute Gasteiger partial charge is 0.181 e. The molecular weight excluding hydrogens is 226 g/mol. The highest BCUT2D eigenvalue weighted by Crippen LogP contribution is 2.15. The summed E-state index contributed by atoms with van der Waals surface area (Å²) in [5, 5.41) is 0. The van der Waals surface area contributed by atoms with Gasteiger partial charge in [0.1, 0.15) is 5.52 Å². The molecule has 4 heteroatoms. The molecule has 1 aromatic heterocycles. The first-order chi connectivity index (χ1) is 8.69. The van der Waals surface area contributed by atoms with Gasteiger partial charge in [-0.15, -0.1) is 0 Å². The zero-order chi connectivity index (χ0) is 13.0. The second-order valence-electron chi connectivity index (χ2n) is 5.03. The zero-order valence-corrected chi connectivity index (χ0v) is 11.1. The van der Waals surface area contributed by atoms with Crippen LogP contribution in [0.15, 0.2) is 29.0 Å². The van der Waals surface area contributed by atoms with Gasteiger partial charge in [0, 0.05) is 13.1 Å². The van der Waals surface area contributed by atoms with Crippen molar-refractivity contribution < 1.29 is 4.42 Å². The van der Waals surface area contributed by atoms with Gasteiger partial charge in [-0.2, -0.15) is 0 Å². The topological polar surface area (TPSA) is 55.3 Å². The van der Waals surface area contributed by atoms with Crippen molar-refractivity contribution in [3.63, 3.8) is 0 Å². The van der Waals surface area contributed by atoms with Crippen molar-refractivity contribution in [2.75, 3.05) is 20.1 Å². The van der Waals surface area contributed by atoms with E-state index >= 15 is 0 Å². The van der Waals surface area contributed by atoms with Gasteiger partial charge in [-0.3, -0.25) is 0 Å². The maximum atomic E-state index is 5.57. The van der Waals surface area contributed by atoms with Crippen LogP contribution in [0, 0.1) is 5.92 Å². The van der Waals surface area contributed by atoms with Gasteiger partial charge in [0.15, 0.2) is 12.0 Å². The predicted octanol–water partition coefficient (Wildman–Crippen LogP) is 2.24. The highest BCUT2D eigenvalue weighted by molar-refractivity contribution is 5.72. The van der Waals surface area contributed by atoms with E-state index in [9.17, 15) is 0 Å². The molecule has 0 spiro atoms. The van der Waals surface area contributed by atoms with Crippen LogP contribution in [0.5, 0.6) is 0 Å². The average Bonchev–Trinajstić information content (AvgIpc) is 2.76. The van der Waals surface area contributed by atoms with Crippen LogP contribution in [0.1, 0.15) is 18.9 Å². The Morgan fingerprint density at radius 3 is 3.06 bits per heavy atom. The molecule has 0 saturated heterocycles. The van der Waals surface area contributed by atoms with Gasteiger partial charge in [-0.05, 0) is 43.6 Å². The molecule has 98 valence electrons. The SMILES string of the molecule is CC(CCN)CN(C)Cc1ccc2ncoc2c1. The number of rotatable bonds is 6. The first-order valence-corrected chi connectivity index (χ1v) is 6.39. The molecule has 0 aliphatic rings. The third-order valence-corrected chi connectivity index (χ3v) is 3.13. The van der Waals surface area contributed by atoms with Crippen LogP contribution in [0.25, 0.3) is 11.1 Å². The van der Waals surface area contributed by atoms with E-state index in [4.69, 9.17) is 10.2 Å². The number of nitrogens with zero attached hydrogens (tertiary/aromatic N) is 2. The average molecular weight is 247 g/mol. The highest BCUT2D eigenvalue weighted by atomic mass is 16.3. The second kappa shape index (κ2) is 5.98. The van der Waals surface area contributed by atoms with Crippen LogP contribution in [0.4, 0.5) is 0 Å². The van der Waals surface area contributed by atoms with Gasteiger partial charge >= 0.3 is 0 Å². The van der Waals surface area contributed by atoms with E-state index in [1.54, 1.807) is 0 Å². The molecule has 1 aromatic carbocycles. The summed E-state index contributed by atoms with van der Waals surface area (Å²) in [6, 6.07) is 6.17. The van der Waals surface area contributed by atoms with E-state index in [1.165, 1.54) is 12.0 Å². The van der Waals surface area contributed by atoms with E-state index in [-0.39, 0.29) is 0 Å². The van der Waals surface area contributed by atoms with Gasteiger partial charge in [0.25, 0.3) is 0 Å². The van der Waals surface area contributed by atoms with Crippen LogP contribution >= 0.6 is 0 Å². The van der Waals surface area contributed by atoms with Crippen molar-refractivity contribution in [1.82, 2.24) is 9.88 Å². The molecule has 1 unspecified atom stereocenters. The summed E-state index contributed by atoms with van der Waals surface area (Å²) < 4.78 is 5.31. The summed E-state index contributed by atoms with van der Waals surface area (Å²) in [6.07, 6.45) is 2.56. The van der Waals surface area contributed by atoms with E-state index in [0.717, 1.165) is 37.2 Å². The van der Waals surface area contributed by atoms with Gasteiger partial charge in [0.2, 0.25) is 0 Å². The number of nitrogens with two attached hydrogens (primary N) is 1. The van der Waals surface area contributed by atoms with Crippen molar-refractivity contribution >= 4 is 11.1 Å². The van der Waals surface area contributed by atoms with Crippen molar-refractivity contribution in [1.29, 1.82) is 0 Å². The minimum absolute atomic E-state index is 0.633. The summed E-state index contributed by atoms with van der Waals surface area (Å²) in [6.45, 7) is 4.99. The number of oxazole rings is 1. The molecule has 0 radical (unpaired) electrons. The van der Waals surface area contributed by atoms with Crippen molar-refractivity contribution in [3.05, 3.63) is 30.2 Å². The van der Waals surface area contributed by atoms with Crippen LogP contribution < -0.4 is 5.73 Å². The molecule has 1 atom stereocenters. The van der Waals surface area contributed by atoms with Crippen LogP contribution in [-0.4, -0.2) is 30.0 Å². The maximum absolute atomic E-state index is 5.57. The summed E-state index contributed by atoms with van der Waals surface area (Å²) in [4.78, 5) is 6.43. The summed E-state index contributed by atoms with van der Waals surface area (Å²) >= 11 is 0. The Balaban J connectivity index is 1.95. The predicted molar refractivity (Wildman–Crippen MR) is 73.2 cm³/mol. The fourth-order valence-corrected chi connectivity index (χ4v) is 2.28. The van der Waals surface area contributed by atoms with Crippen LogP contribution in [0.3, 0.4) is 0 Å². The molecule has 0 aliphatic heterocycles. The van der Waals surface area contributed by atoms with Gasteiger partial charge in [0.05, 0.1) is 0 Å². The molecule has 18 heavy (non-hydrogen) atoms. The maximum Gasteiger partial charge on any atom is 0.181 e. The Morgan fingerprint density at radius 1 is 1.44 bits per heavy atom. The zero-order valence-electron chi connectivity index (χ0n) is 11.1. The third kappa shape index (κ3) is 3.31. The minimum atomic E-state index is 0.633. The van der Waals surface area contributed by atoms with Crippen molar-refractivity contribution in [3.8, 4) is 0 Å². The fourth-order valence-electron chi connectivity index (χ4n) is 2.28. The molecular formula is C14H21N3O. The highest BCUT2D eigenvalue weighted by Gasteiger charge is 2.07. The lowest BCUT2D eigenvalue weighted by molar-refractivity contribution is 0.273. The first kappa shape index (κ1) is 13.1. The van der Waals surface area contributed by atoms with Crippen molar-refractivity contribution in [2.24, 2.45) is 11.7 Å². The minimum Gasteiger partial charge on any atom is -0.443 e. The normalized spacial score (nSPS) is 13.3. The molecule has 1 heterocycles. The Kier molecular flexibility index (Phi) is 4.33. The number of aromatic nitrogens is 1. The molecule has 2 aromatic rings. The molecule has 2 rings (SSSR count). The van der Waals surface area contributed by atoms with E-state index < -0.39 is 0 Å². The molecule has 4 nitrogen and oxygen atoms in total. The molecule has 0 saturated carbocycles. The van der Waals surface area contributed by atoms with E-state index in [1.807, 2.05) is 6.07 Å². The number of benzene rings is 1. The fraction of sp³-hybridized carbons (Fsp3) is 0.500. The third-order valence-electron chi connectivity index (χ3n) is 3.13. The monoisotopic (exact) mass is 247 g/mol. The molecule has 0 fully saturated rings. The van der Waals surface area contributed by atoms with Gasteiger partial charge < -0.3 is 15.1 Å². The Bertz CT molecular complexity index is 494. The van der Waals surface area contributed by atoms with Crippen LogP contribution in [0.2, 0.25) is 0 Å². The lowest BCUT2D eigenvalue weighted by Crippen LogP contribution is -2.25. The Labute approximate surface area is 108 Å². The van der Waals surface area contributed by atoms with Gasteiger partial charge in [-0.1, -0.05) is 13.0 Å². The summed E-state index contributed by atoms with van der Waals surface area (Å²) in [7, 11) is 2.14. The Morgan fingerprint density at radius 2 is 2.28 bits per heavy atom. The van der Waals surface area contributed by atoms with E-state index in [2.05, 4.69) is 36.0 Å². The van der Waals surface area contributed by atoms with Gasteiger partial charge in [-0.25, -0.2) is 4.98 Å². The van der Waals surface area contributed by atoms with Crippen molar-refractivity contribution in [2.45, 2.75) is 19.9 Å². The second-order valence-corrected chi connectivity index (χ2v) is 5.03. The lowest BCUT2D eigenvalue weighted by atomic mass is 10.1.